The number of nitrogens with zero attached hydrogens (tertiary/aromatic N) is 1. The lowest BCUT2D eigenvalue weighted by molar-refractivity contribution is -0.548. The molecule has 0 bridgehead atoms. The van der Waals surface area contributed by atoms with E-state index in [-0.39, 0.29) is 0 Å². The number of rotatable bonds is 2. The molecule has 1 aliphatic rings. The molecule has 0 aromatic carbocycles. The molecule has 0 heterocycles. The molecule has 1 saturated carbocycles. The van der Waals surface area contributed by atoms with E-state index in [1.165, 1.54) is 19.3 Å². The Morgan fingerprint density at radius 3 is 2.30 bits per heavy atom. The molecule has 0 amide bonds. The molecule has 1 heteroatoms. The van der Waals surface area contributed by atoms with Crippen LogP contribution >= 0.6 is 0 Å². The molecule has 58 valence electrons. The van der Waals surface area contributed by atoms with Crippen molar-refractivity contribution < 1.29 is 4.58 Å². The van der Waals surface area contributed by atoms with Gasteiger partial charge in [0.2, 0.25) is 0 Å². The summed E-state index contributed by atoms with van der Waals surface area (Å²) in [4.78, 5) is 0. The van der Waals surface area contributed by atoms with Gasteiger partial charge in [-0.15, -0.1) is 0 Å². The Balaban J connectivity index is 2.38. The van der Waals surface area contributed by atoms with Crippen LogP contribution in [0.5, 0.6) is 0 Å². The molecule has 1 nitrogen and oxygen atoms in total. The minimum atomic E-state index is 0.700. The first kappa shape index (κ1) is 7.77. The fourth-order valence-electron chi connectivity index (χ4n) is 1.39. The summed E-state index contributed by atoms with van der Waals surface area (Å²) >= 11 is 0. The van der Waals surface area contributed by atoms with Crippen LogP contribution in [-0.2, 0) is 0 Å². The summed E-state index contributed by atoms with van der Waals surface area (Å²) < 4.78 is 2.38. The monoisotopic (exact) mass is 140 g/mol. The van der Waals surface area contributed by atoms with Crippen molar-refractivity contribution in [2.75, 3.05) is 7.05 Å². The first-order valence-corrected chi connectivity index (χ1v) is 4.27. The van der Waals surface area contributed by atoms with Crippen molar-refractivity contribution in [3.8, 4) is 0 Å². The van der Waals surface area contributed by atoms with Crippen molar-refractivity contribution in [1.82, 2.24) is 0 Å². The van der Waals surface area contributed by atoms with E-state index >= 15 is 0 Å². The molecule has 1 aliphatic carbocycles. The highest BCUT2D eigenvalue weighted by Gasteiger charge is 2.24. The third-order valence-corrected chi connectivity index (χ3v) is 2.18. The van der Waals surface area contributed by atoms with Crippen molar-refractivity contribution in [1.29, 1.82) is 0 Å². The van der Waals surface area contributed by atoms with Crippen LogP contribution in [-0.4, -0.2) is 23.9 Å². The Morgan fingerprint density at radius 2 is 2.00 bits per heavy atom. The lowest BCUT2D eigenvalue weighted by Gasteiger charge is -2.21. The maximum absolute atomic E-state index is 2.38. The highest BCUT2D eigenvalue weighted by Crippen LogP contribution is 2.20. The lowest BCUT2D eigenvalue weighted by atomic mass is 9.93. The molecular weight excluding hydrogens is 122 g/mol. The van der Waals surface area contributed by atoms with Crippen molar-refractivity contribution in [3.63, 3.8) is 0 Å². The van der Waals surface area contributed by atoms with E-state index in [0.717, 1.165) is 6.04 Å². The Kier molecular flexibility index (Phi) is 2.47. The minimum absolute atomic E-state index is 0.700. The van der Waals surface area contributed by atoms with E-state index in [1.54, 1.807) is 0 Å². The molecule has 0 N–H and O–H groups in total. The zero-order chi connectivity index (χ0) is 7.56. The zero-order valence-corrected chi connectivity index (χ0v) is 7.30. The first-order valence-electron chi connectivity index (χ1n) is 4.27. The summed E-state index contributed by atoms with van der Waals surface area (Å²) in [7, 11) is 2.20. The summed E-state index contributed by atoms with van der Waals surface area (Å²) in [5, 5.41) is 0. The average molecular weight is 140 g/mol. The van der Waals surface area contributed by atoms with Crippen LogP contribution in [0.25, 0.3) is 0 Å². The topological polar surface area (TPSA) is 3.01 Å². The van der Waals surface area contributed by atoms with E-state index in [1.807, 2.05) is 0 Å². The van der Waals surface area contributed by atoms with E-state index < -0.39 is 0 Å². The van der Waals surface area contributed by atoms with Crippen LogP contribution in [0.15, 0.2) is 0 Å². The Morgan fingerprint density at radius 1 is 1.40 bits per heavy atom. The Hall–Kier alpha value is -0.330. The normalized spacial score (nSPS) is 21.4. The standard InChI is InChI=1S/C9H18N/c1-8(2)7-10(3)9-5-4-6-9/h7-9H,4-6H2,1-3H3/q+1. The fraction of sp³-hybridized carbons (Fsp3) is 0.889. The summed E-state index contributed by atoms with van der Waals surface area (Å²) in [6, 6.07) is 0.863. The van der Waals surface area contributed by atoms with Crippen molar-refractivity contribution in [2.45, 2.75) is 39.2 Å². The number of hydrogen-bond donors (Lipinski definition) is 0. The average Bonchev–Trinajstić information content (AvgIpc) is 1.55. The third kappa shape index (κ3) is 1.83. The fourth-order valence-corrected chi connectivity index (χ4v) is 1.39. The van der Waals surface area contributed by atoms with Gasteiger partial charge in [0, 0.05) is 18.8 Å². The van der Waals surface area contributed by atoms with Gasteiger partial charge in [-0.25, -0.2) is 4.58 Å². The van der Waals surface area contributed by atoms with Gasteiger partial charge >= 0.3 is 0 Å². The largest absolute Gasteiger partial charge is 0.239 e. The second kappa shape index (κ2) is 3.18. The van der Waals surface area contributed by atoms with Crippen molar-refractivity contribution in [2.24, 2.45) is 5.92 Å². The van der Waals surface area contributed by atoms with Gasteiger partial charge in [0.25, 0.3) is 0 Å². The molecule has 0 aromatic rings. The van der Waals surface area contributed by atoms with Gasteiger partial charge in [-0.2, -0.15) is 0 Å². The predicted octanol–water partition coefficient (Wildman–Crippen LogP) is 1.91. The van der Waals surface area contributed by atoms with Crippen LogP contribution in [0.4, 0.5) is 0 Å². The molecule has 0 aromatic heterocycles. The maximum atomic E-state index is 2.38. The molecule has 0 unspecified atom stereocenters. The van der Waals surface area contributed by atoms with Gasteiger partial charge in [-0.3, -0.25) is 0 Å². The zero-order valence-electron chi connectivity index (χ0n) is 7.30. The van der Waals surface area contributed by atoms with Gasteiger partial charge in [0.15, 0.2) is 6.04 Å². The third-order valence-electron chi connectivity index (χ3n) is 2.18. The molecule has 10 heavy (non-hydrogen) atoms. The molecule has 1 fully saturated rings. The summed E-state index contributed by atoms with van der Waals surface area (Å²) in [6.45, 7) is 4.46. The lowest BCUT2D eigenvalue weighted by Crippen LogP contribution is -2.31. The molecule has 0 aliphatic heterocycles. The first-order chi connectivity index (χ1) is 4.70. The van der Waals surface area contributed by atoms with Gasteiger partial charge < -0.3 is 0 Å². The highest BCUT2D eigenvalue weighted by atomic mass is 15.0. The smallest absolute Gasteiger partial charge is 0.152 e. The summed E-state index contributed by atoms with van der Waals surface area (Å²) in [5.74, 6) is 0.700. The van der Waals surface area contributed by atoms with Crippen LogP contribution in [0.3, 0.4) is 0 Å². The minimum Gasteiger partial charge on any atom is -0.239 e. The predicted molar refractivity (Wildman–Crippen MR) is 44.7 cm³/mol. The quantitative estimate of drug-likeness (QED) is 0.407. The van der Waals surface area contributed by atoms with Crippen molar-refractivity contribution in [3.05, 3.63) is 0 Å². The highest BCUT2D eigenvalue weighted by molar-refractivity contribution is 5.53. The van der Waals surface area contributed by atoms with E-state index in [4.69, 9.17) is 0 Å². The molecule has 0 atom stereocenters. The van der Waals surface area contributed by atoms with Gasteiger partial charge in [0.05, 0.1) is 0 Å². The maximum Gasteiger partial charge on any atom is 0.152 e. The van der Waals surface area contributed by atoms with Crippen molar-refractivity contribution >= 4 is 6.21 Å². The van der Waals surface area contributed by atoms with E-state index in [2.05, 4.69) is 31.7 Å². The molecule has 0 spiro atoms. The second-order valence-electron chi connectivity index (χ2n) is 3.64. The summed E-state index contributed by atoms with van der Waals surface area (Å²) in [6.07, 6.45) is 6.56. The van der Waals surface area contributed by atoms with E-state index in [0.29, 0.717) is 5.92 Å². The van der Waals surface area contributed by atoms with Gasteiger partial charge in [-0.1, -0.05) is 13.8 Å². The van der Waals surface area contributed by atoms with Gasteiger partial charge in [-0.05, 0) is 6.42 Å². The molecule has 0 radical (unpaired) electrons. The second-order valence-corrected chi connectivity index (χ2v) is 3.64. The summed E-state index contributed by atoms with van der Waals surface area (Å²) in [5.41, 5.74) is 0. The Labute approximate surface area is 63.8 Å². The SMILES string of the molecule is CC(C)C=[N+](C)C1CCC1. The van der Waals surface area contributed by atoms with Gasteiger partial charge in [0.1, 0.15) is 13.3 Å². The molecule has 1 rings (SSSR count). The Bertz CT molecular complexity index is 132. The molecular formula is C9H18N+. The van der Waals surface area contributed by atoms with Crippen LogP contribution < -0.4 is 0 Å². The molecule has 0 saturated heterocycles. The van der Waals surface area contributed by atoms with Crippen LogP contribution in [0.2, 0.25) is 0 Å². The van der Waals surface area contributed by atoms with Crippen LogP contribution in [0.1, 0.15) is 33.1 Å². The number of hydrogen-bond acceptors (Lipinski definition) is 0. The van der Waals surface area contributed by atoms with Crippen LogP contribution in [0, 0.1) is 5.92 Å². The van der Waals surface area contributed by atoms with E-state index in [9.17, 15) is 0 Å².